The van der Waals surface area contributed by atoms with Crippen molar-refractivity contribution >= 4 is 0 Å². The first-order chi connectivity index (χ1) is 10.7. The molecule has 0 N–H and O–H groups in total. The molecule has 1 aliphatic heterocycles. The van der Waals surface area contributed by atoms with E-state index in [1.807, 2.05) is 0 Å². The van der Waals surface area contributed by atoms with Gasteiger partial charge in [0.15, 0.2) is 0 Å². The SMILES string of the molecule is C#CCN1CCCN(C)CCN(CC#C)CCCN(C)CC1. The van der Waals surface area contributed by atoms with E-state index in [1.165, 1.54) is 0 Å². The summed E-state index contributed by atoms with van der Waals surface area (Å²) in [7, 11) is 4.39. The van der Waals surface area contributed by atoms with Crippen LogP contribution in [0.15, 0.2) is 0 Å². The Morgan fingerprint density at radius 1 is 0.636 bits per heavy atom. The average Bonchev–Trinajstić information content (AvgIpc) is 2.49. The monoisotopic (exact) mass is 304 g/mol. The minimum absolute atomic E-state index is 0.757. The summed E-state index contributed by atoms with van der Waals surface area (Å²) in [6, 6.07) is 0. The summed E-state index contributed by atoms with van der Waals surface area (Å²) in [5.41, 5.74) is 0. The van der Waals surface area contributed by atoms with Crippen LogP contribution >= 0.6 is 0 Å². The van der Waals surface area contributed by atoms with E-state index in [-0.39, 0.29) is 0 Å². The van der Waals surface area contributed by atoms with Gasteiger partial charge in [0.1, 0.15) is 0 Å². The predicted molar refractivity (Wildman–Crippen MR) is 94.8 cm³/mol. The van der Waals surface area contributed by atoms with Gasteiger partial charge in [-0.3, -0.25) is 9.80 Å². The molecule has 0 aromatic heterocycles. The van der Waals surface area contributed by atoms with Crippen LogP contribution in [0.3, 0.4) is 0 Å². The predicted octanol–water partition coefficient (Wildman–Crippen LogP) is 0.514. The quantitative estimate of drug-likeness (QED) is 0.689. The van der Waals surface area contributed by atoms with Crippen LogP contribution in [-0.4, -0.2) is 99.1 Å². The fourth-order valence-corrected chi connectivity index (χ4v) is 2.77. The lowest BCUT2D eigenvalue weighted by atomic mass is 10.3. The van der Waals surface area contributed by atoms with Crippen molar-refractivity contribution in [3.8, 4) is 24.7 Å². The number of rotatable bonds is 2. The van der Waals surface area contributed by atoms with Gasteiger partial charge in [0.25, 0.3) is 0 Å². The molecule has 0 spiro atoms. The highest BCUT2D eigenvalue weighted by Gasteiger charge is 2.10. The summed E-state index contributed by atoms with van der Waals surface area (Å²) in [6.45, 7) is 10.2. The number of hydrogen-bond donors (Lipinski definition) is 0. The van der Waals surface area contributed by atoms with Gasteiger partial charge in [0.2, 0.25) is 0 Å². The third-order valence-electron chi connectivity index (χ3n) is 4.25. The van der Waals surface area contributed by atoms with Crippen LogP contribution < -0.4 is 0 Å². The molecular weight excluding hydrogens is 272 g/mol. The molecule has 0 aliphatic carbocycles. The van der Waals surface area contributed by atoms with Gasteiger partial charge >= 0.3 is 0 Å². The molecule has 0 unspecified atom stereocenters. The summed E-state index contributed by atoms with van der Waals surface area (Å²) in [5.74, 6) is 5.57. The van der Waals surface area contributed by atoms with E-state index >= 15 is 0 Å². The van der Waals surface area contributed by atoms with Crippen molar-refractivity contribution in [3.63, 3.8) is 0 Å². The smallest absolute Gasteiger partial charge is 0.0599 e. The molecule has 0 atom stereocenters. The van der Waals surface area contributed by atoms with Gasteiger partial charge in [-0.15, -0.1) is 12.8 Å². The first-order valence-corrected chi connectivity index (χ1v) is 8.34. The summed E-state index contributed by atoms with van der Waals surface area (Å²) in [6.07, 6.45) is 13.3. The first-order valence-electron chi connectivity index (χ1n) is 8.34. The Hall–Kier alpha value is -1.04. The van der Waals surface area contributed by atoms with Crippen LogP contribution in [0.2, 0.25) is 0 Å². The molecule has 22 heavy (non-hydrogen) atoms. The van der Waals surface area contributed by atoms with Gasteiger partial charge in [-0.1, -0.05) is 11.8 Å². The molecule has 0 amide bonds. The summed E-state index contributed by atoms with van der Waals surface area (Å²) in [4.78, 5) is 9.58. The van der Waals surface area contributed by atoms with Crippen LogP contribution in [0.4, 0.5) is 0 Å². The maximum Gasteiger partial charge on any atom is 0.0599 e. The topological polar surface area (TPSA) is 13.0 Å². The Morgan fingerprint density at radius 3 is 1.41 bits per heavy atom. The Balaban J connectivity index is 2.53. The van der Waals surface area contributed by atoms with Gasteiger partial charge in [0, 0.05) is 39.3 Å². The molecule has 1 rings (SSSR count). The Bertz CT molecular complexity index is 332. The Morgan fingerprint density at radius 2 is 1.05 bits per heavy atom. The van der Waals surface area contributed by atoms with E-state index in [4.69, 9.17) is 12.8 Å². The fourth-order valence-electron chi connectivity index (χ4n) is 2.77. The van der Waals surface area contributed by atoms with E-state index in [2.05, 4.69) is 45.5 Å². The fraction of sp³-hybridized carbons (Fsp3) is 0.778. The van der Waals surface area contributed by atoms with Crippen LogP contribution in [0.25, 0.3) is 0 Å². The highest BCUT2D eigenvalue weighted by molar-refractivity contribution is 4.89. The average molecular weight is 304 g/mol. The Kier molecular flexibility index (Phi) is 9.95. The molecule has 4 nitrogen and oxygen atoms in total. The molecule has 0 saturated carbocycles. The van der Waals surface area contributed by atoms with E-state index < -0.39 is 0 Å². The number of hydrogen-bond acceptors (Lipinski definition) is 4. The van der Waals surface area contributed by atoms with Gasteiger partial charge in [-0.05, 0) is 40.0 Å². The molecule has 1 fully saturated rings. The van der Waals surface area contributed by atoms with Crippen molar-refractivity contribution in [2.75, 3.05) is 79.5 Å². The maximum atomic E-state index is 5.49. The third kappa shape index (κ3) is 8.41. The zero-order chi connectivity index (χ0) is 16.2. The van der Waals surface area contributed by atoms with Crippen LogP contribution in [0.5, 0.6) is 0 Å². The van der Waals surface area contributed by atoms with Gasteiger partial charge in [-0.25, -0.2) is 0 Å². The first kappa shape index (κ1) is 19.0. The molecule has 0 radical (unpaired) electrons. The highest BCUT2D eigenvalue weighted by Crippen LogP contribution is 2.00. The maximum absolute atomic E-state index is 5.49. The summed E-state index contributed by atoms with van der Waals surface area (Å²) in [5, 5.41) is 0. The van der Waals surface area contributed by atoms with E-state index in [0.29, 0.717) is 0 Å². The van der Waals surface area contributed by atoms with Crippen molar-refractivity contribution in [1.29, 1.82) is 0 Å². The van der Waals surface area contributed by atoms with Crippen molar-refractivity contribution in [2.24, 2.45) is 0 Å². The van der Waals surface area contributed by atoms with E-state index in [0.717, 1.165) is 78.3 Å². The van der Waals surface area contributed by atoms with E-state index in [1.54, 1.807) is 0 Å². The van der Waals surface area contributed by atoms with Crippen molar-refractivity contribution in [3.05, 3.63) is 0 Å². The summed E-state index contributed by atoms with van der Waals surface area (Å²) < 4.78 is 0. The van der Waals surface area contributed by atoms with Crippen molar-refractivity contribution < 1.29 is 0 Å². The lowest BCUT2D eigenvalue weighted by Crippen LogP contribution is -2.39. The standard InChI is InChI=1S/C18H32N4/c1-5-9-21-13-7-11-20(4)16-18-22(10-6-2)14-8-12-19(3)15-17-21/h1-2H,7-18H2,3-4H3. The largest absolute Gasteiger partial charge is 0.305 e. The molecule has 124 valence electrons. The molecule has 0 aromatic carbocycles. The molecule has 1 heterocycles. The van der Waals surface area contributed by atoms with Crippen LogP contribution in [-0.2, 0) is 0 Å². The second-order valence-electron chi connectivity index (χ2n) is 6.27. The molecule has 4 heteroatoms. The zero-order valence-electron chi connectivity index (χ0n) is 14.4. The van der Waals surface area contributed by atoms with Gasteiger partial charge < -0.3 is 9.80 Å². The molecular formula is C18H32N4. The number of likely N-dealkylation sites (N-methyl/N-ethyl adjacent to an activating group) is 2. The van der Waals surface area contributed by atoms with Crippen molar-refractivity contribution in [2.45, 2.75) is 12.8 Å². The lowest BCUT2D eigenvalue weighted by molar-refractivity contribution is 0.194. The molecule has 0 aromatic rings. The van der Waals surface area contributed by atoms with E-state index in [9.17, 15) is 0 Å². The van der Waals surface area contributed by atoms with Crippen LogP contribution in [0, 0.1) is 24.7 Å². The van der Waals surface area contributed by atoms with Gasteiger partial charge in [-0.2, -0.15) is 0 Å². The highest BCUT2D eigenvalue weighted by atomic mass is 15.2. The summed E-state index contributed by atoms with van der Waals surface area (Å²) >= 11 is 0. The third-order valence-corrected chi connectivity index (χ3v) is 4.25. The van der Waals surface area contributed by atoms with Crippen molar-refractivity contribution in [1.82, 2.24) is 19.6 Å². The minimum Gasteiger partial charge on any atom is -0.305 e. The zero-order valence-corrected chi connectivity index (χ0v) is 14.4. The molecule has 0 bridgehead atoms. The number of nitrogens with zero attached hydrogens (tertiary/aromatic N) is 4. The molecule has 1 saturated heterocycles. The van der Waals surface area contributed by atoms with Gasteiger partial charge in [0.05, 0.1) is 13.1 Å². The molecule has 1 aliphatic rings. The normalized spacial score (nSPS) is 22.5. The minimum atomic E-state index is 0.757. The second-order valence-corrected chi connectivity index (χ2v) is 6.27. The number of terminal acetylenes is 2. The second kappa shape index (κ2) is 11.5. The Labute approximate surface area is 137 Å². The van der Waals surface area contributed by atoms with Crippen LogP contribution in [0.1, 0.15) is 12.8 Å². The lowest BCUT2D eigenvalue weighted by Gasteiger charge is -2.28.